The van der Waals surface area contributed by atoms with Gasteiger partial charge in [0.1, 0.15) is 5.82 Å². The van der Waals surface area contributed by atoms with Crippen LogP contribution in [0.1, 0.15) is 0 Å². The number of halogens is 1. The van der Waals surface area contributed by atoms with Crippen LogP contribution < -0.4 is 5.73 Å². The van der Waals surface area contributed by atoms with E-state index < -0.39 is 0 Å². The first-order valence-electron chi connectivity index (χ1n) is 5.77. The molecule has 18 heavy (non-hydrogen) atoms. The molecule has 0 unspecified atom stereocenters. The summed E-state index contributed by atoms with van der Waals surface area (Å²) in [5.41, 5.74) is 9.65. The number of aryl methyl sites for hydroxylation is 1. The fraction of sp³-hybridized carbons (Fsp3) is 0.0667. The van der Waals surface area contributed by atoms with Gasteiger partial charge in [0.2, 0.25) is 0 Å². The second kappa shape index (κ2) is 4.18. The molecule has 0 saturated carbocycles. The molecule has 2 nitrogen and oxygen atoms in total. The van der Waals surface area contributed by atoms with E-state index in [1.54, 1.807) is 0 Å². The Kier molecular flexibility index (Phi) is 2.63. The maximum absolute atomic E-state index is 6.24. The van der Waals surface area contributed by atoms with Gasteiger partial charge in [-0.1, -0.05) is 46.3 Å². The Morgan fingerprint density at radius 3 is 2.39 bits per heavy atom. The first-order chi connectivity index (χ1) is 8.68. The van der Waals surface area contributed by atoms with Crippen LogP contribution >= 0.6 is 15.9 Å². The van der Waals surface area contributed by atoms with E-state index in [0.717, 1.165) is 26.9 Å². The van der Waals surface area contributed by atoms with E-state index in [2.05, 4.69) is 40.2 Å². The molecule has 0 aliphatic heterocycles. The molecule has 3 heteroatoms. The number of hydrogen-bond donors (Lipinski definition) is 1. The van der Waals surface area contributed by atoms with Gasteiger partial charge in [0.15, 0.2) is 0 Å². The molecule has 3 rings (SSSR count). The van der Waals surface area contributed by atoms with Crippen LogP contribution in [-0.2, 0) is 7.05 Å². The summed E-state index contributed by atoms with van der Waals surface area (Å²) in [5.74, 6) is 0.804. The number of aromatic nitrogens is 1. The normalized spacial score (nSPS) is 11.0. The first-order valence-corrected chi connectivity index (χ1v) is 6.56. The fourth-order valence-electron chi connectivity index (χ4n) is 2.33. The molecule has 0 aliphatic rings. The molecule has 1 heterocycles. The van der Waals surface area contributed by atoms with E-state index >= 15 is 0 Å². The van der Waals surface area contributed by atoms with Gasteiger partial charge in [-0.05, 0) is 23.8 Å². The van der Waals surface area contributed by atoms with Crippen molar-refractivity contribution >= 4 is 32.7 Å². The topological polar surface area (TPSA) is 30.9 Å². The zero-order valence-corrected chi connectivity index (χ0v) is 11.6. The maximum Gasteiger partial charge on any atom is 0.112 e. The zero-order chi connectivity index (χ0) is 12.7. The minimum Gasteiger partial charge on any atom is -0.385 e. The summed E-state index contributed by atoms with van der Waals surface area (Å²) in [6.45, 7) is 0. The monoisotopic (exact) mass is 300 g/mol. The lowest BCUT2D eigenvalue weighted by Crippen LogP contribution is -1.96. The largest absolute Gasteiger partial charge is 0.385 e. The van der Waals surface area contributed by atoms with Crippen molar-refractivity contribution in [2.45, 2.75) is 0 Å². The third kappa shape index (κ3) is 1.63. The fourth-order valence-corrected chi connectivity index (χ4v) is 2.60. The molecule has 0 saturated heterocycles. The zero-order valence-electron chi connectivity index (χ0n) is 10.0. The Labute approximate surface area is 114 Å². The summed E-state index contributed by atoms with van der Waals surface area (Å²) in [6, 6.07) is 16.5. The van der Waals surface area contributed by atoms with Gasteiger partial charge >= 0.3 is 0 Å². The SMILES string of the molecule is Cn1c(N)c(-c2ccc(Br)cc2)c2ccccc21. The van der Waals surface area contributed by atoms with Crippen LogP contribution in [-0.4, -0.2) is 4.57 Å². The average molecular weight is 301 g/mol. The van der Waals surface area contributed by atoms with Crippen LogP contribution in [0, 0.1) is 0 Å². The van der Waals surface area contributed by atoms with E-state index in [1.807, 2.05) is 35.9 Å². The second-order valence-electron chi connectivity index (χ2n) is 4.34. The standard InChI is InChI=1S/C15H13BrN2/c1-18-13-5-3-2-4-12(13)14(15(18)17)10-6-8-11(16)9-7-10/h2-9H,17H2,1H3. The molecule has 0 radical (unpaired) electrons. The van der Waals surface area contributed by atoms with Crippen LogP contribution in [0.5, 0.6) is 0 Å². The van der Waals surface area contributed by atoms with Crippen LogP contribution in [0.4, 0.5) is 5.82 Å². The van der Waals surface area contributed by atoms with Gasteiger partial charge in [0, 0.05) is 28.0 Å². The first kappa shape index (κ1) is 11.4. The van der Waals surface area contributed by atoms with Gasteiger partial charge in [-0.15, -0.1) is 0 Å². The summed E-state index contributed by atoms with van der Waals surface area (Å²) in [6.07, 6.45) is 0. The lowest BCUT2D eigenvalue weighted by atomic mass is 10.0. The van der Waals surface area contributed by atoms with Crippen molar-refractivity contribution in [3.63, 3.8) is 0 Å². The number of nitrogens with two attached hydrogens (primary N) is 1. The molecule has 2 N–H and O–H groups in total. The molecule has 3 aromatic rings. The lowest BCUT2D eigenvalue weighted by Gasteiger charge is -2.03. The Balaban J connectivity index is 2.35. The number of nitrogens with zero attached hydrogens (tertiary/aromatic N) is 1. The lowest BCUT2D eigenvalue weighted by molar-refractivity contribution is 0.984. The predicted molar refractivity (Wildman–Crippen MR) is 80.5 cm³/mol. The van der Waals surface area contributed by atoms with Crippen molar-refractivity contribution in [3.05, 3.63) is 53.0 Å². The van der Waals surface area contributed by atoms with Gasteiger partial charge < -0.3 is 10.3 Å². The number of fused-ring (bicyclic) bond motifs is 1. The number of para-hydroxylation sites is 1. The molecule has 0 fully saturated rings. The van der Waals surface area contributed by atoms with Crippen molar-refractivity contribution in [1.82, 2.24) is 4.57 Å². The van der Waals surface area contributed by atoms with Crippen molar-refractivity contribution in [1.29, 1.82) is 0 Å². The molecule has 0 spiro atoms. The third-order valence-corrected chi connectivity index (χ3v) is 3.81. The van der Waals surface area contributed by atoms with Gasteiger partial charge in [0.25, 0.3) is 0 Å². The van der Waals surface area contributed by atoms with Crippen LogP contribution in [0.2, 0.25) is 0 Å². The quantitative estimate of drug-likeness (QED) is 0.718. The van der Waals surface area contributed by atoms with Crippen LogP contribution in [0.25, 0.3) is 22.0 Å². The Hall–Kier alpha value is -1.74. The molecule has 0 aliphatic carbocycles. The molecular weight excluding hydrogens is 288 g/mol. The highest BCUT2D eigenvalue weighted by atomic mass is 79.9. The van der Waals surface area contributed by atoms with Crippen LogP contribution in [0.3, 0.4) is 0 Å². The van der Waals surface area contributed by atoms with Crippen molar-refractivity contribution in [2.24, 2.45) is 7.05 Å². The number of anilines is 1. The smallest absolute Gasteiger partial charge is 0.112 e. The highest BCUT2D eigenvalue weighted by Gasteiger charge is 2.13. The van der Waals surface area contributed by atoms with E-state index in [0.29, 0.717) is 0 Å². The summed E-state index contributed by atoms with van der Waals surface area (Å²) in [7, 11) is 2.00. The summed E-state index contributed by atoms with van der Waals surface area (Å²) >= 11 is 3.46. The van der Waals surface area contributed by atoms with Gasteiger partial charge in [-0.25, -0.2) is 0 Å². The van der Waals surface area contributed by atoms with Crippen molar-refractivity contribution in [3.8, 4) is 11.1 Å². The Morgan fingerprint density at radius 2 is 1.67 bits per heavy atom. The van der Waals surface area contributed by atoms with Crippen molar-refractivity contribution < 1.29 is 0 Å². The third-order valence-electron chi connectivity index (χ3n) is 3.29. The minimum atomic E-state index is 0.804. The number of hydrogen-bond acceptors (Lipinski definition) is 1. The van der Waals surface area contributed by atoms with Gasteiger partial charge in [0.05, 0.1) is 0 Å². The van der Waals surface area contributed by atoms with Gasteiger partial charge in [-0.2, -0.15) is 0 Å². The molecule has 2 aromatic carbocycles. The summed E-state index contributed by atoms with van der Waals surface area (Å²) in [5, 5.41) is 1.19. The predicted octanol–water partition coefficient (Wildman–Crippen LogP) is 4.19. The average Bonchev–Trinajstić information content (AvgIpc) is 2.64. The molecule has 90 valence electrons. The highest BCUT2D eigenvalue weighted by molar-refractivity contribution is 9.10. The molecule has 0 bridgehead atoms. The molecule has 0 amide bonds. The Morgan fingerprint density at radius 1 is 1.00 bits per heavy atom. The van der Waals surface area contributed by atoms with Crippen LogP contribution in [0.15, 0.2) is 53.0 Å². The highest BCUT2D eigenvalue weighted by Crippen LogP contribution is 2.36. The second-order valence-corrected chi connectivity index (χ2v) is 5.26. The number of rotatable bonds is 1. The number of nitrogen functional groups attached to an aromatic ring is 1. The van der Waals surface area contributed by atoms with E-state index in [-0.39, 0.29) is 0 Å². The van der Waals surface area contributed by atoms with Crippen molar-refractivity contribution in [2.75, 3.05) is 5.73 Å². The minimum absolute atomic E-state index is 0.804. The Bertz CT molecular complexity index is 711. The maximum atomic E-state index is 6.24. The number of benzene rings is 2. The molecule has 1 aromatic heterocycles. The van der Waals surface area contributed by atoms with E-state index in [9.17, 15) is 0 Å². The van der Waals surface area contributed by atoms with E-state index in [4.69, 9.17) is 5.73 Å². The summed E-state index contributed by atoms with van der Waals surface area (Å²) < 4.78 is 3.11. The summed E-state index contributed by atoms with van der Waals surface area (Å²) in [4.78, 5) is 0. The van der Waals surface area contributed by atoms with E-state index in [1.165, 1.54) is 5.39 Å². The molecular formula is C15H13BrN2. The molecule has 0 atom stereocenters. The van der Waals surface area contributed by atoms with Gasteiger partial charge in [-0.3, -0.25) is 0 Å².